The fraction of sp³-hybridized carbons (Fsp3) is 0.300. The second-order valence-corrected chi connectivity index (χ2v) is 3.48. The highest BCUT2D eigenvalue weighted by atomic mass is 16.6. The van der Waals surface area contributed by atoms with Crippen molar-refractivity contribution in [3.05, 3.63) is 22.6 Å². The molecule has 5 nitrogen and oxygen atoms in total. The summed E-state index contributed by atoms with van der Waals surface area (Å²) in [5.74, 6) is 1.35. The maximum absolute atomic E-state index is 11.4. The number of benzene rings is 1. The number of nitrogens with one attached hydrogen (secondary N) is 1. The molecule has 0 saturated carbocycles. The quantitative estimate of drug-likeness (QED) is 0.688. The van der Waals surface area contributed by atoms with Crippen molar-refractivity contribution in [2.45, 2.75) is 0 Å². The molecule has 0 radical (unpaired) electrons. The zero-order valence-corrected chi connectivity index (χ0v) is 8.24. The molecular weight excluding hydrogens is 196 g/mol. The molecule has 0 amide bonds. The van der Waals surface area contributed by atoms with E-state index >= 15 is 0 Å². The van der Waals surface area contributed by atoms with Crippen molar-refractivity contribution in [2.75, 3.05) is 13.2 Å². The SMILES string of the molecule is Cn1c(=O)[nH]c2ccc3c(c21)OCCO3. The van der Waals surface area contributed by atoms with E-state index in [9.17, 15) is 4.79 Å². The van der Waals surface area contributed by atoms with Crippen LogP contribution in [0.3, 0.4) is 0 Å². The Balaban J connectivity index is 2.44. The Hall–Kier alpha value is -1.91. The Morgan fingerprint density at radius 1 is 1.33 bits per heavy atom. The van der Waals surface area contributed by atoms with Gasteiger partial charge >= 0.3 is 5.69 Å². The van der Waals surface area contributed by atoms with Crippen molar-refractivity contribution in [1.29, 1.82) is 0 Å². The Morgan fingerprint density at radius 2 is 2.13 bits per heavy atom. The molecule has 0 spiro atoms. The van der Waals surface area contributed by atoms with Crippen LogP contribution in [0.4, 0.5) is 0 Å². The summed E-state index contributed by atoms with van der Waals surface area (Å²) in [6, 6.07) is 3.64. The van der Waals surface area contributed by atoms with E-state index in [4.69, 9.17) is 9.47 Å². The molecule has 0 saturated heterocycles. The highest BCUT2D eigenvalue weighted by Gasteiger charge is 2.18. The van der Waals surface area contributed by atoms with E-state index < -0.39 is 0 Å². The molecule has 5 heteroatoms. The first-order valence-electron chi connectivity index (χ1n) is 4.74. The smallest absolute Gasteiger partial charge is 0.326 e. The van der Waals surface area contributed by atoms with Crippen LogP contribution in [0.1, 0.15) is 0 Å². The molecule has 2 heterocycles. The lowest BCUT2D eigenvalue weighted by molar-refractivity contribution is 0.173. The van der Waals surface area contributed by atoms with Crippen LogP contribution in [0, 0.1) is 0 Å². The highest BCUT2D eigenvalue weighted by molar-refractivity contribution is 5.85. The Labute approximate surface area is 85.2 Å². The summed E-state index contributed by atoms with van der Waals surface area (Å²) >= 11 is 0. The Bertz CT molecular complexity index is 582. The number of ether oxygens (including phenoxy) is 2. The van der Waals surface area contributed by atoms with Crippen LogP contribution >= 0.6 is 0 Å². The number of hydrogen-bond acceptors (Lipinski definition) is 3. The van der Waals surface area contributed by atoms with Crippen molar-refractivity contribution >= 4 is 11.0 Å². The minimum atomic E-state index is -0.146. The van der Waals surface area contributed by atoms with E-state index in [1.165, 1.54) is 4.57 Å². The number of rotatable bonds is 0. The summed E-state index contributed by atoms with van der Waals surface area (Å²) in [5.41, 5.74) is 1.39. The van der Waals surface area contributed by atoms with Crippen molar-refractivity contribution in [2.24, 2.45) is 7.05 Å². The molecule has 1 aromatic carbocycles. The lowest BCUT2D eigenvalue weighted by Gasteiger charge is -2.18. The van der Waals surface area contributed by atoms with Crippen molar-refractivity contribution < 1.29 is 9.47 Å². The van der Waals surface area contributed by atoms with Crippen molar-refractivity contribution in [1.82, 2.24) is 9.55 Å². The first kappa shape index (κ1) is 8.40. The zero-order valence-electron chi connectivity index (χ0n) is 8.24. The molecule has 0 bridgehead atoms. The van der Waals surface area contributed by atoms with E-state index in [1.807, 2.05) is 12.1 Å². The van der Waals surface area contributed by atoms with Crippen LogP contribution < -0.4 is 15.2 Å². The van der Waals surface area contributed by atoms with Crippen molar-refractivity contribution in [3.8, 4) is 11.5 Å². The molecule has 1 aromatic heterocycles. The van der Waals surface area contributed by atoms with Gasteiger partial charge in [0.15, 0.2) is 11.5 Å². The molecule has 0 unspecified atom stereocenters. The maximum atomic E-state index is 11.4. The van der Waals surface area contributed by atoms with Crippen molar-refractivity contribution in [3.63, 3.8) is 0 Å². The predicted octanol–water partition coefficient (Wildman–Crippen LogP) is 0.638. The molecule has 3 rings (SSSR count). The van der Waals surface area contributed by atoms with E-state index in [0.717, 1.165) is 11.0 Å². The van der Waals surface area contributed by atoms with Gasteiger partial charge in [-0.25, -0.2) is 4.79 Å². The normalized spacial score (nSPS) is 14.5. The number of imidazole rings is 1. The number of aromatic amines is 1. The molecule has 1 aliphatic rings. The summed E-state index contributed by atoms with van der Waals surface area (Å²) < 4.78 is 12.5. The molecule has 1 aliphatic heterocycles. The standard InChI is InChI=1S/C10H10N2O3/c1-12-8-6(11-10(12)13)2-3-7-9(8)15-5-4-14-7/h2-3H,4-5H2,1H3,(H,11,13). The van der Waals surface area contributed by atoms with E-state index in [1.54, 1.807) is 7.05 Å². The number of nitrogens with zero attached hydrogens (tertiary/aromatic N) is 1. The summed E-state index contributed by atoms with van der Waals surface area (Å²) in [5, 5.41) is 0. The monoisotopic (exact) mass is 206 g/mol. The number of aromatic nitrogens is 2. The Morgan fingerprint density at radius 3 is 3.00 bits per heavy atom. The number of fused-ring (bicyclic) bond motifs is 3. The molecule has 15 heavy (non-hydrogen) atoms. The predicted molar refractivity (Wildman–Crippen MR) is 54.5 cm³/mol. The molecular formula is C10H10N2O3. The molecule has 2 aromatic rings. The van der Waals surface area contributed by atoms with Gasteiger partial charge in [0, 0.05) is 7.05 Å². The third kappa shape index (κ3) is 1.06. The fourth-order valence-corrected chi connectivity index (χ4v) is 1.84. The van der Waals surface area contributed by atoms with E-state index in [-0.39, 0.29) is 5.69 Å². The lowest BCUT2D eigenvalue weighted by Crippen LogP contribution is -2.17. The highest BCUT2D eigenvalue weighted by Crippen LogP contribution is 2.35. The molecule has 78 valence electrons. The lowest BCUT2D eigenvalue weighted by atomic mass is 10.2. The van der Waals surface area contributed by atoms with Gasteiger partial charge in [0.1, 0.15) is 18.7 Å². The van der Waals surface area contributed by atoms with Gasteiger partial charge in [0.25, 0.3) is 0 Å². The van der Waals surface area contributed by atoms with Crippen LogP contribution in [-0.2, 0) is 7.05 Å². The van der Waals surface area contributed by atoms with Gasteiger partial charge in [-0.15, -0.1) is 0 Å². The number of H-pyrrole nitrogens is 1. The first-order valence-corrected chi connectivity index (χ1v) is 4.74. The zero-order chi connectivity index (χ0) is 10.4. The third-order valence-electron chi connectivity index (χ3n) is 2.56. The average Bonchev–Trinajstić information content (AvgIpc) is 2.55. The molecule has 1 N–H and O–H groups in total. The van der Waals surface area contributed by atoms with Crippen LogP contribution in [-0.4, -0.2) is 22.8 Å². The molecule has 0 aliphatic carbocycles. The number of hydrogen-bond donors (Lipinski definition) is 1. The van der Waals surface area contributed by atoms with Gasteiger partial charge in [-0.1, -0.05) is 0 Å². The largest absolute Gasteiger partial charge is 0.486 e. The second-order valence-electron chi connectivity index (χ2n) is 3.48. The van der Waals surface area contributed by atoms with Crippen LogP contribution in [0.25, 0.3) is 11.0 Å². The van der Waals surface area contributed by atoms with Gasteiger partial charge in [-0.2, -0.15) is 0 Å². The summed E-state index contributed by atoms with van der Waals surface area (Å²) in [6.07, 6.45) is 0. The maximum Gasteiger partial charge on any atom is 0.326 e. The minimum Gasteiger partial charge on any atom is -0.486 e. The summed E-state index contributed by atoms with van der Waals surface area (Å²) in [7, 11) is 1.71. The average molecular weight is 206 g/mol. The van der Waals surface area contributed by atoms with Gasteiger partial charge in [0.05, 0.1) is 5.52 Å². The molecule has 0 atom stereocenters. The van der Waals surface area contributed by atoms with Crippen LogP contribution in [0.2, 0.25) is 0 Å². The van der Waals surface area contributed by atoms with Gasteiger partial charge in [0.2, 0.25) is 0 Å². The summed E-state index contributed by atoms with van der Waals surface area (Å²) in [4.78, 5) is 14.2. The first-order chi connectivity index (χ1) is 7.27. The van der Waals surface area contributed by atoms with E-state index in [2.05, 4.69) is 4.98 Å². The minimum absolute atomic E-state index is 0.146. The van der Waals surface area contributed by atoms with Crippen LogP contribution in [0.5, 0.6) is 11.5 Å². The number of aryl methyl sites for hydroxylation is 1. The van der Waals surface area contributed by atoms with Gasteiger partial charge < -0.3 is 14.5 Å². The second kappa shape index (κ2) is 2.79. The summed E-state index contributed by atoms with van der Waals surface area (Å²) in [6.45, 7) is 1.07. The van der Waals surface area contributed by atoms with Crippen LogP contribution in [0.15, 0.2) is 16.9 Å². The van der Waals surface area contributed by atoms with E-state index in [0.29, 0.717) is 24.7 Å². The van der Waals surface area contributed by atoms with Gasteiger partial charge in [-0.05, 0) is 12.1 Å². The van der Waals surface area contributed by atoms with Gasteiger partial charge in [-0.3, -0.25) is 4.57 Å². The molecule has 0 fully saturated rings. The fourth-order valence-electron chi connectivity index (χ4n) is 1.84. The topological polar surface area (TPSA) is 56.2 Å². The Kier molecular flexibility index (Phi) is 1.56. The third-order valence-corrected chi connectivity index (χ3v) is 2.56.